The zero-order valence-electron chi connectivity index (χ0n) is 11.9. The lowest BCUT2D eigenvalue weighted by atomic mass is 10.2. The quantitative estimate of drug-likeness (QED) is 0.707. The fourth-order valence-corrected chi connectivity index (χ4v) is 1.98. The van der Waals surface area contributed by atoms with E-state index in [2.05, 4.69) is 15.5 Å². The first-order valence-corrected chi connectivity index (χ1v) is 6.73. The highest BCUT2D eigenvalue weighted by Gasteiger charge is 2.10. The highest BCUT2D eigenvalue weighted by molar-refractivity contribution is 5.95. The van der Waals surface area contributed by atoms with Crippen LogP contribution in [-0.2, 0) is 0 Å². The van der Waals surface area contributed by atoms with Crippen molar-refractivity contribution in [3.05, 3.63) is 71.5 Å². The molecule has 2 amide bonds. The number of aromatic nitrogens is 1. The lowest BCUT2D eigenvalue weighted by molar-refractivity contribution is 0.0941. The number of nitrogens with one attached hydrogen (secondary N) is 1. The van der Waals surface area contributed by atoms with E-state index in [1.807, 2.05) is 6.07 Å². The van der Waals surface area contributed by atoms with Crippen LogP contribution in [0, 0.1) is 0 Å². The van der Waals surface area contributed by atoms with Crippen molar-refractivity contribution < 1.29 is 14.0 Å². The van der Waals surface area contributed by atoms with Crippen molar-refractivity contribution in [2.24, 2.45) is 10.8 Å². The number of carbonyl (C=O) groups is 2. The monoisotopic (exact) mass is 308 g/mol. The molecule has 0 atom stereocenters. The minimum atomic E-state index is -0.703. The van der Waals surface area contributed by atoms with Gasteiger partial charge in [0.15, 0.2) is 0 Å². The molecule has 0 aliphatic rings. The Hall–Kier alpha value is -3.48. The van der Waals surface area contributed by atoms with Gasteiger partial charge in [-0.3, -0.25) is 14.6 Å². The lowest BCUT2D eigenvalue weighted by Crippen LogP contribution is -2.27. The average Bonchev–Trinajstić information content (AvgIpc) is 2.59. The number of rotatable bonds is 3. The minimum absolute atomic E-state index is 0.0690. The number of hydrogen-bond donors (Lipinski definition) is 2. The highest BCUT2D eigenvalue weighted by Crippen LogP contribution is 2.12. The number of carbonyl (C=O) groups excluding carboxylic acids is 2. The number of benzene rings is 1. The first kappa shape index (κ1) is 14.5. The van der Waals surface area contributed by atoms with Gasteiger partial charge in [-0.15, -0.1) is 5.10 Å². The molecule has 0 aliphatic carbocycles. The van der Waals surface area contributed by atoms with Crippen molar-refractivity contribution in [1.82, 2.24) is 10.4 Å². The fraction of sp³-hybridized carbons (Fsp3) is 0. The maximum Gasteiger partial charge on any atom is 0.290 e. The third-order valence-electron chi connectivity index (χ3n) is 3.08. The molecule has 0 saturated carbocycles. The van der Waals surface area contributed by atoms with Gasteiger partial charge in [0.05, 0.1) is 0 Å². The predicted octanol–water partition coefficient (Wildman–Crippen LogP) is 1.17. The lowest BCUT2D eigenvalue weighted by Gasteiger charge is -2.02. The van der Waals surface area contributed by atoms with Crippen molar-refractivity contribution in [2.45, 2.75) is 0 Å². The summed E-state index contributed by atoms with van der Waals surface area (Å²) in [5.41, 5.74) is 8.35. The van der Waals surface area contributed by atoms with E-state index in [4.69, 9.17) is 10.2 Å². The zero-order valence-corrected chi connectivity index (χ0v) is 11.9. The normalized spacial score (nSPS) is 11.4. The Balaban J connectivity index is 2.02. The molecule has 0 radical (unpaired) electrons. The third-order valence-corrected chi connectivity index (χ3v) is 3.08. The van der Waals surface area contributed by atoms with E-state index in [0.717, 1.165) is 0 Å². The number of primary amides is 1. The molecule has 1 aromatic carbocycles. The number of para-hydroxylation sites is 1. The molecule has 3 rings (SSSR count). The van der Waals surface area contributed by atoms with Gasteiger partial charge in [-0.1, -0.05) is 24.3 Å². The van der Waals surface area contributed by atoms with Crippen molar-refractivity contribution in [3.63, 3.8) is 0 Å². The minimum Gasteiger partial charge on any atom is -0.436 e. The summed E-state index contributed by atoms with van der Waals surface area (Å²) in [6.45, 7) is 0. The predicted molar refractivity (Wildman–Crippen MR) is 82.0 cm³/mol. The molecule has 7 heteroatoms. The standard InChI is InChI=1S/C16H12N4O3/c17-14(21)11-9-10-5-1-2-7-13(10)23-16(11)20-19-15(22)12-6-3-4-8-18-12/h1-9H,(H2,17,21)(H,19,22)/b20-16+. The maximum absolute atomic E-state index is 11.9. The Kier molecular flexibility index (Phi) is 3.84. The Morgan fingerprint density at radius 2 is 1.91 bits per heavy atom. The molecule has 7 nitrogen and oxygen atoms in total. The summed E-state index contributed by atoms with van der Waals surface area (Å²) in [7, 11) is 0. The molecule has 0 fully saturated rings. The molecule has 114 valence electrons. The summed E-state index contributed by atoms with van der Waals surface area (Å²) in [6, 6.07) is 13.6. The largest absolute Gasteiger partial charge is 0.436 e. The van der Waals surface area contributed by atoms with E-state index < -0.39 is 11.8 Å². The Morgan fingerprint density at radius 1 is 1.13 bits per heavy atom. The second kappa shape index (κ2) is 6.10. The summed E-state index contributed by atoms with van der Waals surface area (Å²) in [4.78, 5) is 27.4. The summed E-state index contributed by atoms with van der Waals surface area (Å²) < 4.78 is 5.54. The molecular formula is C16H12N4O3. The third kappa shape index (κ3) is 3.08. The summed E-state index contributed by atoms with van der Waals surface area (Å²) in [5, 5.41) is 4.55. The molecule has 0 saturated heterocycles. The van der Waals surface area contributed by atoms with Gasteiger partial charge in [0.1, 0.15) is 16.8 Å². The number of fused-ring (bicyclic) bond motifs is 1. The van der Waals surface area contributed by atoms with E-state index >= 15 is 0 Å². The first-order chi connectivity index (χ1) is 11.1. The number of pyridine rings is 1. The number of nitrogens with two attached hydrogens (primary N) is 1. The molecule has 0 unspecified atom stereocenters. The van der Waals surface area contributed by atoms with Crippen LogP contribution >= 0.6 is 0 Å². The van der Waals surface area contributed by atoms with Crippen LogP contribution in [-0.4, -0.2) is 16.8 Å². The summed E-state index contributed by atoms with van der Waals surface area (Å²) in [6.07, 6.45) is 1.49. The van der Waals surface area contributed by atoms with Crippen molar-refractivity contribution >= 4 is 22.8 Å². The second-order valence-electron chi connectivity index (χ2n) is 4.64. The van der Waals surface area contributed by atoms with Crippen molar-refractivity contribution in [1.29, 1.82) is 0 Å². The average molecular weight is 308 g/mol. The van der Waals surface area contributed by atoms with E-state index in [9.17, 15) is 9.59 Å². The fourth-order valence-electron chi connectivity index (χ4n) is 1.98. The molecular weight excluding hydrogens is 296 g/mol. The number of amides is 2. The van der Waals surface area contributed by atoms with Gasteiger partial charge < -0.3 is 10.2 Å². The summed E-state index contributed by atoms with van der Waals surface area (Å²) >= 11 is 0. The van der Waals surface area contributed by atoms with Crippen LogP contribution in [0.4, 0.5) is 0 Å². The van der Waals surface area contributed by atoms with Crippen LogP contribution in [0.25, 0.3) is 11.0 Å². The van der Waals surface area contributed by atoms with Gasteiger partial charge in [0.25, 0.3) is 11.8 Å². The van der Waals surface area contributed by atoms with Crippen LogP contribution in [0.1, 0.15) is 20.8 Å². The topological polar surface area (TPSA) is 111 Å². The van der Waals surface area contributed by atoms with Gasteiger partial charge in [-0.2, -0.15) is 0 Å². The summed E-state index contributed by atoms with van der Waals surface area (Å²) in [5.74, 6) is -1.23. The van der Waals surface area contributed by atoms with E-state index in [1.165, 1.54) is 12.3 Å². The van der Waals surface area contributed by atoms with Crippen LogP contribution < -0.4 is 16.7 Å². The molecule has 0 aliphatic heterocycles. The number of nitrogens with zero attached hydrogens (tertiary/aromatic N) is 2. The van der Waals surface area contributed by atoms with Crippen molar-refractivity contribution in [2.75, 3.05) is 0 Å². The molecule has 23 heavy (non-hydrogen) atoms. The Bertz CT molecular complexity index is 948. The SMILES string of the molecule is NC(=O)c1cc2ccccc2o/c1=N/NC(=O)c1ccccn1. The smallest absolute Gasteiger partial charge is 0.290 e. The second-order valence-corrected chi connectivity index (χ2v) is 4.64. The zero-order chi connectivity index (χ0) is 16.2. The van der Waals surface area contributed by atoms with Crippen LogP contribution in [0.2, 0.25) is 0 Å². The van der Waals surface area contributed by atoms with E-state index in [0.29, 0.717) is 11.0 Å². The molecule has 0 spiro atoms. The molecule has 2 heterocycles. The molecule has 0 bridgehead atoms. The van der Waals surface area contributed by atoms with Crippen LogP contribution in [0.5, 0.6) is 0 Å². The highest BCUT2D eigenvalue weighted by atomic mass is 16.3. The van der Waals surface area contributed by atoms with E-state index in [1.54, 1.807) is 36.4 Å². The van der Waals surface area contributed by atoms with Gasteiger partial charge in [-0.05, 0) is 24.3 Å². The maximum atomic E-state index is 11.9. The Morgan fingerprint density at radius 3 is 2.65 bits per heavy atom. The van der Waals surface area contributed by atoms with Crippen molar-refractivity contribution in [3.8, 4) is 0 Å². The van der Waals surface area contributed by atoms with Crippen LogP contribution in [0.3, 0.4) is 0 Å². The van der Waals surface area contributed by atoms with Gasteiger partial charge in [-0.25, -0.2) is 5.43 Å². The Labute approximate surface area is 130 Å². The molecule has 3 N–H and O–H groups in total. The van der Waals surface area contributed by atoms with Gasteiger partial charge in [0.2, 0.25) is 5.55 Å². The van der Waals surface area contributed by atoms with Gasteiger partial charge >= 0.3 is 0 Å². The molecule has 3 aromatic rings. The van der Waals surface area contributed by atoms with Crippen LogP contribution in [0.15, 0.2) is 64.2 Å². The number of hydrogen-bond acceptors (Lipinski definition) is 5. The van der Waals surface area contributed by atoms with E-state index in [-0.39, 0.29) is 16.8 Å². The molecule has 2 aromatic heterocycles. The first-order valence-electron chi connectivity index (χ1n) is 6.73. The van der Waals surface area contributed by atoms with Gasteiger partial charge in [0, 0.05) is 11.6 Å².